The van der Waals surface area contributed by atoms with Crippen LogP contribution in [0.5, 0.6) is 0 Å². The van der Waals surface area contributed by atoms with Gasteiger partial charge in [-0.15, -0.1) is 46.1 Å². The minimum Gasteiger partial charge on any atom is -0.465 e. The zero-order chi connectivity index (χ0) is 75.0. The second-order valence-electron chi connectivity index (χ2n) is 22.0. The average molecular weight is 1580 g/mol. The van der Waals surface area contributed by atoms with E-state index >= 15 is 0 Å². The summed E-state index contributed by atoms with van der Waals surface area (Å²) in [7, 11) is 2.68. The van der Waals surface area contributed by atoms with E-state index < -0.39 is 30.0 Å². The third-order valence-electron chi connectivity index (χ3n) is 15.6. The fraction of sp³-hybridized carbons (Fsp3) is 0.302. The number of rotatable bonds is 17. The van der Waals surface area contributed by atoms with Gasteiger partial charge in [0.1, 0.15) is 40.3 Å². The summed E-state index contributed by atoms with van der Waals surface area (Å²) in [4.78, 5) is 86.2. The molecule has 6 aliphatic heterocycles. The van der Waals surface area contributed by atoms with E-state index in [2.05, 4.69) is 178 Å². The summed E-state index contributed by atoms with van der Waals surface area (Å²) in [6.45, 7) is 14.9. The van der Waals surface area contributed by atoms with Gasteiger partial charge in [0.25, 0.3) is 0 Å². The van der Waals surface area contributed by atoms with E-state index in [1.54, 1.807) is 86.4 Å². The molecule has 6 saturated heterocycles. The number of alkyl halides is 1. The molecular weight excluding hydrogens is 1500 g/mol. The van der Waals surface area contributed by atoms with Gasteiger partial charge < -0.3 is 34.1 Å². The molecule has 0 saturated carbocycles. The number of piperidine rings is 6. The minimum atomic E-state index is -0.793. The van der Waals surface area contributed by atoms with Crippen molar-refractivity contribution in [3.05, 3.63) is 165 Å². The molecule has 540 valence electrons. The highest BCUT2D eigenvalue weighted by Gasteiger charge is 2.49. The number of aromatic nitrogens is 2. The fourth-order valence-electron chi connectivity index (χ4n) is 10.8. The van der Waals surface area contributed by atoms with Crippen LogP contribution < -0.4 is 10.6 Å². The number of hydrogen-bond acceptors (Lipinski definition) is 17. The lowest BCUT2D eigenvalue weighted by Crippen LogP contribution is -2.65. The number of anilines is 2. The maximum absolute atomic E-state index is 13.6. The van der Waals surface area contributed by atoms with Crippen LogP contribution in [-0.2, 0) is 28.5 Å². The molecule has 4 bridgehead atoms. The molecule has 2 unspecified atom stereocenters. The lowest BCUT2D eigenvalue weighted by Gasteiger charge is -2.51. The van der Waals surface area contributed by atoms with Crippen LogP contribution in [0.15, 0.2) is 132 Å². The van der Waals surface area contributed by atoms with E-state index in [0.717, 1.165) is 69.5 Å². The lowest BCUT2D eigenvalue weighted by molar-refractivity contribution is -0.938. The number of Topliss-reactive ketones (excluding diaryl/α,β-unsaturated/α-hetero) is 2. The molecule has 106 heavy (non-hydrogen) atoms. The van der Waals surface area contributed by atoms with Gasteiger partial charge in [-0.2, -0.15) is 0 Å². The van der Waals surface area contributed by atoms with Crippen LogP contribution in [-0.4, -0.2) is 132 Å². The summed E-state index contributed by atoms with van der Waals surface area (Å²) in [6.07, 6.45) is 11.7. The highest BCUT2D eigenvalue weighted by molar-refractivity contribution is 9.09. The lowest BCUT2D eigenvalue weighted by atomic mass is 9.83. The van der Waals surface area contributed by atoms with E-state index in [-0.39, 0.29) is 60.1 Å². The standard InChI is InChI=1S/C28H29N3O5S.C21H24N2O4S.C16H6.C11H4.C7H6BrNO.C2H6.CH4.BrH/c1-35-28(34)26-22(12-16-37-26)30-25(20-7-3-2-4-8-20)27(33)36-24-18-31(14-10-19(24)11-15-31)17-23(32)21-9-5-6-13-29-21;1-26-21(25)19-16(9-12-28-19)22-18(15-5-3-2-4-6-15)20(24)27-17-13-23-10-7-14(17)8-11-23;1-3-5-7-9-11-13-15-16-14-12-10-8-6-4-2;1-3-5-7-9-11-10-8-6-4-2;8-5-7(10)6-3-1-2-4-9-6;1-2;;/h2-9,12-13,16,19,24-25H,10-11,14-15,17-18H2,1H3;2-6,9,12,14,17-18,22H,7-8,10-11,13H2,1H3;1-2H3;1H,2H3;1-4H,5H2;1-2H3;1H4;1H/p+1/t19?,24-,25?,31?;17-,18?;;;;;;/m00....../s1. The number of terminal acetylenes is 1. The number of carbonyl (C=O) groups excluding carboxylic acids is 6. The molecule has 0 amide bonds. The zero-order valence-corrected chi connectivity index (χ0v) is 64.1. The van der Waals surface area contributed by atoms with E-state index in [4.69, 9.17) is 25.4 Å². The van der Waals surface area contributed by atoms with Crippen molar-refractivity contribution in [3.63, 3.8) is 0 Å². The molecule has 6 aromatic rings. The number of quaternary nitrogens is 1. The van der Waals surface area contributed by atoms with Crippen LogP contribution in [0.3, 0.4) is 0 Å². The maximum Gasteiger partial charge on any atom is 0.350 e. The number of esters is 4. The number of methoxy groups -OCH3 is 2. The first kappa shape index (κ1) is 88.8. The number of pyridine rings is 2. The molecule has 2 aromatic carbocycles. The summed E-state index contributed by atoms with van der Waals surface area (Å²) in [5.41, 5.74) is 3.64. The molecule has 0 spiro atoms. The zero-order valence-electron chi connectivity index (χ0n) is 59.2. The minimum absolute atomic E-state index is 0. The number of thiophene rings is 2. The monoisotopic (exact) mass is 1580 g/mol. The third kappa shape index (κ3) is 30.5. The molecule has 10 heterocycles. The number of hydrogen-bond donors (Lipinski definition) is 2. The summed E-state index contributed by atoms with van der Waals surface area (Å²) in [5, 5.41) is 10.4. The summed E-state index contributed by atoms with van der Waals surface area (Å²) < 4.78 is 22.5. The van der Waals surface area contributed by atoms with E-state index in [1.165, 1.54) is 36.9 Å². The second kappa shape index (κ2) is 51.7. The van der Waals surface area contributed by atoms with Gasteiger partial charge in [-0.3, -0.25) is 24.5 Å². The van der Waals surface area contributed by atoms with Crippen LogP contribution >= 0.6 is 55.6 Å². The van der Waals surface area contributed by atoms with E-state index in [1.807, 2.05) is 80.6 Å². The van der Waals surface area contributed by atoms with Crippen LogP contribution in [0, 0.1) is 154 Å². The predicted octanol–water partition coefficient (Wildman–Crippen LogP) is 13.0. The van der Waals surface area contributed by atoms with Crippen LogP contribution in [0.2, 0.25) is 0 Å². The number of ether oxygens (including phenoxy) is 4. The number of fused-ring (bicyclic) bond motifs is 6. The smallest absolute Gasteiger partial charge is 0.350 e. The Balaban J connectivity index is 0.000000372. The molecule has 20 heteroatoms. The molecule has 2 N–H and O–H groups in total. The van der Waals surface area contributed by atoms with Crippen molar-refractivity contribution in [1.82, 2.24) is 14.9 Å². The first-order valence-electron chi connectivity index (χ1n) is 32.9. The Bertz CT molecular complexity index is 4620. The van der Waals surface area contributed by atoms with Crippen molar-refractivity contribution >= 4 is 102 Å². The molecule has 4 aromatic heterocycles. The Morgan fingerprint density at radius 1 is 0.538 bits per heavy atom. The van der Waals surface area contributed by atoms with Crippen molar-refractivity contribution in [3.8, 4) is 143 Å². The molecule has 6 aliphatic rings. The van der Waals surface area contributed by atoms with Crippen molar-refractivity contribution in [2.75, 3.05) is 76.0 Å². The van der Waals surface area contributed by atoms with Gasteiger partial charge in [0.2, 0.25) is 5.78 Å². The summed E-state index contributed by atoms with van der Waals surface area (Å²) in [6, 6.07) is 31.5. The number of nitrogens with zero attached hydrogens (tertiary/aromatic N) is 4. The Kier molecular flexibility index (Phi) is 43.3. The summed E-state index contributed by atoms with van der Waals surface area (Å²) in [5.74, 6) is 56.7. The van der Waals surface area contributed by atoms with Crippen molar-refractivity contribution in [2.45, 2.75) is 92.0 Å². The van der Waals surface area contributed by atoms with Gasteiger partial charge in [0.15, 0.2) is 24.0 Å². The van der Waals surface area contributed by atoms with Gasteiger partial charge >= 0.3 is 23.9 Å². The maximum atomic E-state index is 13.6. The van der Waals surface area contributed by atoms with Crippen molar-refractivity contribution in [2.24, 2.45) is 11.8 Å². The Hall–Kier alpha value is -11.4. The van der Waals surface area contributed by atoms with E-state index in [9.17, 15) is 28.8 Å². The number of nitrogens with one attached hydrogen (secondary N) is 2. The average Bonchev–Trinajstić information content (AvgIpc) is 0.994. The van der Waals surface area contributed by atoms with Gasteiger partial charge in [0.05, 0.1) is 44.0 Å². The van der Waals surface area contributed by atoms with Gasteiger partial charge in [-0.1, -0.05) is 128 Å². The van der Waals surface area contributed by atoms with Crippen molar-refractivity contribution < 1.29 is 52.2 Å². The quantitative estimate of drug-likeness (QED) is 0.0219. The van der Waals surface area contributed by atoms with Crippen LogP contribution in [0.1, 0.15) is 131 Å². The number of carbonyl (C=O) groups is 6. The van der Waals surface area contributed by atoms with Gasteiger partial charge in [-0.25, -0.2) is 19.2 Å². The molecule has 4 atom stereocenters. The number of halogens is 2. The molecule has 12 rings (SSSR count). The number of ketones is 2. The molecular formula is C86H81Br2N6O10S2+. The first-order valence-corrected chi connectivity index (χ1v) is 35.8. The van der Waals surface area contributed by atoms with E-state index in [0.29, 0.717) is 61.3 Å². The van der Waals surface area contributed by atoms with Crippen LogP contribution in [0.25, 0.3) is 0 Å². The SMILES string of the molecule is Br.C.C#CC#CC#CC#CC#CC.CC.CC#CC#CC#CC#CC#CC#CC#CC.COC(=O)c1sccc1NC(C(=O)O[C@H]1CN2CCC1CC2)c1ccccc1.COC(=O)c1sccc1NC(C(=O)O[C@H]1C[N+]2(CC(=O)c3ccccn3)CCC1CC2)c1ccccc1.O=C(CBr)c1ccccn1. The first-order chi connectivity index (χ1) is 50.8. The Labute approximate surface area is 652 Å². The Morgan fingerprint density at radius 2 is 0.915 bits per heavy atom. The van der Waals surface area contributed by atoms with Crippen molar-refractivity contribution in [1.29, 1.82) is 0 Å². The van der Waals surface area contributed by atoms with Crippen LogP contribution in [0.4, 0.5) is 11.4 Å². The molecule has 6 fully saturated rings. The van der Waals surface area contributed by atoms with Gasteiger partial charge in [0, 0.05) is 37.7 Å². The summed E-state index contributed by atoms with van der Waals surface area (Å²) >= 11 is 5.59. The molecule has 16 nitrogen and oxygen atoms in total. The molecule has 0 radical (unpaired) electrons. The highest BCUT2D eigenvalue weighted by Crippen LogP contribution is 2.38. The molecule has 0 aliphatic carbocycles. The number of benzene rings is 2. The Morgan fingerprint density at radius 3 is 1.27 bits per heavy atom. The third-order valence-corrected chi connectivity index (χ3v) is 17.9. The normalized spacial score (nSPS) is 16.4. The topological polar surface area (TPSA) is 192 Å². The van der Waals surface area contributed by atoms with Gasteiger partial charge in [-0.05, 0) is 229 Å². The second-order valence-corrected chi connectivity index (χ2v) is 24.4. The largest absolute Gasteiger partial charge is 0.465 e. The predicted molar refractivity (Wildman–Crippen MR) is 429 cm³/mol. The fourth-order valence-corrected chi connectivity index (χ4v) is 12.6. The highest BCUT2D eigenvalue weighted by atomic mass is 79.9.